The highest BCUT2D eigenvalue weighted by molar-refractivity contribution is 5.69. The molecule has 3 nitrogen and oxygen atoms in total. The van der Waals surface area contributed by atoms with Gasteiger partial charge in [0.1, 0.15) is 0 Å². The van der Waals surface area contributed by atoms with E-state index >= 15 is 0 Å². The average molecular weight is 158 g/mol. The van der Waals surface area contributed by atoms with Crippen LogP contribution in [-0.2, 0) is 14.3 Å². The maximum Gasteiger partial charge on any atom is 0.305 e. The zero-order chi connectivity index (χ0) is 8.10. The third-order valence-electron chi connectivity index (χ3n) is 1.94. The minimum absolute atomic E-state index is 0.125. The number of ether oxygens (including phenoxy) is 2. The number of esters is 1. The number of carbonyl (C=O) groups excluding carboxylic acids is 1. The molecule has 0 unspecified atom stereocenters. The fourth-order valence-corrected chi connectivity index (χ4v) is 1.29. The van der Waals surface area contributed by atoms with E-state index in [1.54, 1.807) is 0 Å². The van der Waals surface area contributed by atoms with Crippen molar-refractivity contribution in [1.82, 2.24) is 0 Å². The molecule has 0 spiro atoms. The monoisotopic (exact) mass is 158 g/mol. The summed E-state index contributed by atoms with van der Waals surface area (Å²) < 4.78 is 9.78. The summed E-state index contributed by atoms with van der Waals surface area (Å²) in [6.07, 6.45) is 2.67. The van der Waals surface area contributed by atoms with E-state index < -0.39 is 0 Å². The van der Waals surface area contributed by atoms with Crippen LogP contribution in [0.15, 0.2) is 0 Å². The second-order valence-electron chi connectivity index (χ2n) is 2.86. The van der Waals surface area contributed by atoms with Gasteiger partial charge in [-0.1, -0.05) is 0 Å². The van der Waals surface area contributed by atoms with Gasteiger partial charge in [0.25, 0.3) is 0 Å². The fraction of sp³-hybridized carbons (Fsp3) is 0.875. The topological polar surface area (TPSA) is 35.5 Å². The molecule has 1 rings (SSSR count). The second-order valence-corrected chi connectivity index (χ2v) is 2.86. The molecule has 1 aliphatic rings. The number of hydrogen-bond donors (Lipinski definition) is 0. The molecule has 3 heteroatoms. The number of methoxy groups -OCH3 is 1. The van der Waals surface area contributed by atoms with E-state index in [2.05, 4.69) is 4.74 Å². The Hall–Kier alpha value is -0.570. The highest BCUT2D eigenvalue weighted by atomic mass is 16.5. The van der Waals surface area contributed by atoms with Gasteiger partial charge in [-0.25, -0.2) is 0 Å². The minimum Gasteiger partial charge on any atom is -0.469 e. The van der Waals surface area contributed by atoms with Crippen molar-refractivity contribution in [3.05, 3.63) is 0 Å². The first kappa shape index (κ1) is 8.53. The summed E-state index contributed by atoms with van der Waals surface area (Å²) >= 11 is 0. The lowest BCUT2D eigenvalue weighted by Gasteiger charge is -2.20. The summed E-state index contributed by atoms with van der Waals surface area (Å²) in [5.74, 6) is 0.261. The molecule has 0 saturated carbocycles. The predicted molar refractivity (Wildman–Crippen MR) is 40.2 cm³/mol. The van der Waals surface area contributed by atoms with Crippen molar-refractivity contribution in [3.8, 4) is 0 Å². The first-order chi connectivity index (χ1) is 5.33. The molecular weight excluding hydrogens is 144 g/mol. The first-order valence-corrected chi connectivity index (χ1v) is 3.97. The normalized spacial score (nSPS) is 24.6. The molecule has 11 heavy (non-hydrogen) atoms. The van der Waals surface area contributed by atoms with Crippen molar-refractivity contribution in [2.45, 2.75) is 19.3 Å². The molecule has 1 aliphatic heterocycles. The van der Waals surface area contributed by atoms with Crippen molar-refractivity contribution in [3.63, 3.8) is 0 Å². The van der Waals surface area contributed by atoms with Crippen LogP contribution >= 0.6 is 0 Å². The Labute approximate surface area is 66.7 Å². The molecular formula is C8H14O3. The highest BCUT2D eigenvalue weighted by Gasteiger charge is 2.17. The van der Waals surface area contributed by atoms with Crippen LogP contribution in [0.25, 0.3) is 0 Å². The van der Waals surface area contributed by atoms with Crippen LogP contribution in [0.4, 0.5) is 0 Å². The molecule has 0 aromatic rings. The molecule has 1 atom stereocenters. The lowest BCUT2D eigenvalue weighted by Crippen LogP contribution is -2.20. The molecule has 1 heterocycles. The summed E-state index contributed by atoms with van der Waals surface area (Å²) in [4.78, 5) is 10.8. The Balaban J connectivity index is 2.19. The largest absolute Gasteiger partial charge is 0.469 e. The van der Waals surface area contributed by atoms with E-state index in [9.17, 15) is 4.79 Å². The molecule has 1 fully saturated rings. The summed E-state index contributed by atoms with van der Waals surface area (Å²) in [5.41, 5.74) is 0. The van der Waals surface area contributed by atoms with Crippen LogP contribution < -0.4 is 0 Å². The maximum absolute atomic E-state index is 10.8. The summed E-state index contributed by atoms with van der Waals surface area (Å²) in [6, 6.07) is 0. The lowest BCUT2D eigenvalue weighted by molar-refractivity contribution is -0.142. The number of hydrogen-bond acceptors (Lipinski definition) is 3. The second kappa shape index (κ2) is 4.34. The Bertz CT molecular complexity index is 127. The predicted octanol–water partition coefficient (Wildman–Crippen LogP) is 0.976. The summed E-state index contributed by atoms with van der Waals surface area (Å²) in [6.45, 7) is 1.56. The number of rotatable bonds is 2. The molecule has 0 aromatic carbocycles. The summed E-state index contributed by atoms with van der Waals surface area (Å²) in [7, 11) is 1.42. The third-order valence-corrected chi connectivity index (χ3v) is 1.94. The van der Waals surface area contributed by atoms with Crippen molar-refractivity contribution >= 4 is 5.97 Å². The van der Waals surface area contributed by atoms with Gasteiger partial charge in [-0.05, 0) is 18.8 Å². The molecule has 0 bridgehead atoms. The van der Waals surface area contributed by atoms with Crippen LogP contribution in [-0.4, -0.2) is 26.3 Å². The van der Waals surface area contributed by atoms with Gasteiger partial charge in [0.2, 0.25) is 0 Å². The van der Waals surface area contributed by atoms with Crippen molar-refractivity contribution in [2.75, 3.05) is 20.3 Å². The Kier molecular flexibility index (Phi) is 3.36. The van der Waals surface area contributed by atoms with Crippen LogP contribution in [0.5, 0.6) is 0 Å². The Morgan fingerprint density at radius 3 is 3.09 bits per heavy atom. The molecule has 1 saturated heterocycles. The average Bonchev–Trinajstić information content (AvgIpc) is 2.06. The number of carbonyl (C=O) groups is 1. The Morgan fingerprint density at radius 1 is 1.73 bits per heavy atom. The van der Waals surface area contributed by atoms with Crippen molar-refractivity contribution in [2.24, 2.45) is 5.92 Å². The van der Waals surface area contributed by atoms with Crippen molar-refractivity contribution < 1.29 is 14.3 Å². The summed E-state index contributed by atoms with van der Waals surface area (Å²) in [5, 5.41) is 0. The van der Waals surface area contributed by atoms with E-state index in [0.29, 0.717) is 12.3 Å². The quantitative estimate of drug-likeness (QED) is 0.562. The van der Waals surface area contributed by atoms with Gasteiger partial charge in [0, 0.05) is 13.2 Å². The molecule has 0 aliphatic carbocycles. The van der Waals surface area contributed by atoms with Gasteiger partial charge >= 0.3 is 5.97 Å². The zero-order valence-corrected chi connectivity index (χ0v) is 6.84. The van der Waals surface area contributed by atoms with Crippen LogP contribution in [0.2, 0.25) is 0 Å². The zero-order valence-electron chi connectivity index (χ0n) is 6.84. The van der Waals surface area contributed by atoms with E-state index in [4.69, 9.17) is 4.74 Å². The van der Waals surface area contributed by atoms with Gasteiger partial charge in [0.05, 0.1) is 13.5 Å². The smallest absolute Gasteiger partial charge is 0.305 e. The van der Waals surface area contributed by atoms with Gasteiger partial charge in [-0.15, -0.1) is 0 Å². The SMILES string of the molecule is COC(=O)C[C@@H]1CCCOC1. The van der Waals surface area contributed by atoms with Crippen LogP contribution in [0.1, 0.15) is 19.3 Å². The van der Waals surface area contributed by atoms with Gasteiger partial charge < -0.3 is 9.47 Å². The van der Waals surface area contributed by atoms with Crippen LogP contribution in [0.3, 0.4) is 0 Å². The minimum atomic E-state index is -0.125. The molecule has 0 aromatic heterocycles. The Morgan fingerprint density at radius 2 is 2.55 bits per heavy atom. The molecule has 0 N–H and O–H groups in total. The third kappa shape index (κ3) is 2.89. The van der Waals surface area contributed by atoms with Crippen molar-refractivity contribution in [1.29, 1.82) is 0 Å². The molecule has 64 valence electrons. The fourth-order valence-electron chi connectivity index (χ4n) is 1.29. The highest BCUT2D eigenvalue weighted by Crippen LogP contribution is 2.17. The van der Waals surface area contributed by atoms with E-state index in [1.807, 2.05) is 0 Å². The maximum atomic E-state index is 10.8. The van der Waals surface area contributed by atoms with Gasteiger partial charge in [-0.3, -0.25) is 4.79 Å². The van der Waals surface area contributed by atoms with Gasteiger partial charge in [-0.2, -0.15) is 0 Å². The van der Waals surface area contributed by atoms with E-state index in [-0.39, 0.29) is 5.97 Å². The van der Waals surface area contributed by atoms with Crippen LogP contribution in [0, 0.1) is 5.92 Å². The van der Waals surface area contributed by atoms with E-state index in [1.165, 1.54) is 7.11 Å². The molecule has 0 radical (unpaired) electrons. The van der Waals surface area contributed by atoms with E-state index in [0.717, 1.165) is 26.1 Å². The molecule has 0 amide bonds. The first-order valence-electron chi connectivity index (χ1n) is 3.97. The standard InChI is InChI=1S/C8H14O3/c1-10-8(9)5-7-3-2-4-11-6-7/h7H,2-6H2,1H3/t7-/m0/s1. The lowest BCUT2D eigenvalue weighted by atomic mass is 9.99. The van der Waals surface area contributed by atoms with Gasteiger partial charge in [0.15, 0.2) is 0 Å².